The molecule has 0 unspecified atom stereocenters. The van der Waals surface area contributed by atoms with Crippen molar-refractivity contribution in [1.29, 1.82) is 0 Å². The van der Waals surface area contributed by atoms with Crippen LogP contribution in [0.3, 0.4) is 0 Å². The molecule has 0 bridgehead atoms. The van der Waals surface area contributed by atoms with Gasteiger partial charge in [0.05, 0.1) is 5.02 Å². The lowest BCUT2D eigenvalue weighted by Gasteiger charge is -2.15. The standard InChI is InChI=1S/C15H15Cl2NO2S/c1-8-5-18(6-9(8)7-19)15(20)14-13(17)11-3-2-10(16)4-12(11)21-14/h2-4,8-9,19H,5-7H2,1H3/t8-,9+/m1/s1. The van der Waals surface area contributed by atoms with Crippen LogP contribution >= 0.6 is 34.5 Å². The van der Waals surface area contributed by atoms with Crippen molar-refractivity contribution >= 4 is 50.5 Å². The topological polar surface area (TPSA) is 40.5 Å². The van der Waals surface area contributed by atoms with Gasteiger partial charge in [0, 0.05) is 40.7 Å². The maximum atomic E-state index is 12.7. The highest BCUT2D eigenvalue weighted by Crippen LogP contribution is 2.38. The third-order valence-corrected chi connectivity index (χ3v) is 5.96. The van der Waals surface area contributed by atoms with Crippen LogP contribution < -0.4 is 0 Å². The smallest absolute Gasteiger partial charge is 0.265 e. The Kier molecular flexibility index (Phi) is 4.14. The van der Waals surface area contributed by atoms with E-state index < -0.39 is 0 Å². The lowest BCUT2D eigenvalue weighted by atomic mass is 10.00. The molecule has 2 atom stereocenters. The lowest BCUT2D eigenvalue weighted by Crippen LogP contribution is -2.28. The van der Waals surface area contributed by atoms with Gasteiger partial charge in [0.15, 0.2) is 0 Å². The minimum Gasteiger partial charge on any atom is -0.396 e. The number of hydrogen-bond acceptors (Lipinski definition) is 3. The van der Waals surface area contributed by atoms with Gasteiger partial charge in [-0.05, 0) is 18.1 Å². The summed E-state index contributed by atoms with van der Waals surface area (Å²) in [5.74, 6) is 0.401. The molecule has 21 heavy (non-hydrogen) atoms. The molecule has 2 aromatic rings. The van der Waals surface area contributed by atoms with E-state index >= 15 is 0 Å². The monoisotopic (exact) mass is 343 g/mol. The van der Waals surface area contributed by atoms with Crippen molar-refractivity contribution in [2.24, 2.45) is 11.8 Å². The van der Waals surface area contributed by atoms with Crippen molar-refractivity contribution in [1.82, 2.24) is 4.90 Å². The number of rotatable bonds is 2. The Morgan fingerprint density at radius 1 is 1.43 bits per heavy atom. The van der Waals surface area contributed by atoms with Crippen molar-refractivity contribution in [3.63, 3.8) is 0 Å². The van der Waals surface area contributed by atoms with Crippen molar-refractivity contribution in [3.8, 4) is 0 Å². The Hall–Kier alpha value is -0.810. The first kappa shape index (κ1) is 15.1. The Morgan fingerprint density at radius 3 is 2.86 bits per heavy atom. The number of fused-ring (bicyclic) bond motifs is 1. The van der Waals surface area contributed by atoms with Crippen molar-refractivity contribution in [2.75, 3.05) is 19.7 Å². The zero-order valence-corrected chi connectivity index (χ0v) is 13.8. The van der Waals surface area contributed by atoms with E-state index in [1.807, 2.05) is 12.1 Å². The molecule has 1 aliphatic heterocycles. The predicted molar refractivity (Wildman–Crippen MR) is 87.5 cm³/mol. The third-order valence-electron chi connectivity index (χ3n) is 4.08. The van der Waals surface area contributed by atoms with E-state index in [9.17, 15) is 9.90 Å². The first-order chi connectivity index (χ1) is 10.0. The number of nitrogens with zero attached hydrogens (tertiary/aromatic N) is 1. The largest absolute Gasteiger partial charge is 0.396 e. The maximum absolute atomic E-state index is 12.7. The fraction of sp³-hybridized carbons (Fsp3) is 0.400. The van der Waals surface area contributed by atoms with Crippen LogP contribution in [0, 0.1) is 11.8 Å². The molecule has 0 spiro atoms. The summed E-state index contributed by atoms with van der Waals surface area (Å²) < 4.78 is 0.918. The van der Waals surface area contributed by atoms with Gasteiger partial charge in [-0.3, -0.25) is 4.79 Å². The van der Waals surface area contributed by atoms with Crippen LogP contribution in [0.15, 0.2) is 18.2 Å². The Bertz CT molecular complexity index is 700. The van der Waals surface area contributed by atoms with Crippen LogP contribution in [-0.2, 0) is 0 Å². The molecule has 0 aliphatic carbocycles. The Morgan fingerprint density at radius 2 is 2.19 bits per heavy atom. The Labute approximate surface area is 137 Å². The summed E-state index contributed by atoms with van der Waals surface area (Å²) in [6, 6.07) is 5.44. The summed E-state index contributed by atoms with van der Waals surface area (Å²) in [5, 5.41) is 11.3. The number of hydrogen-bond donors (Lipinski definition) is 1. The van der Waals surface area contributed by atoms with E-state index in [-0.39, 0.29) is 18.4 Å². The highest BCUT2D eigenvalue weighted by molar-refractivity contribution is 7.21. The van der Waals surface area contributed by atoms with Crippen LogP contribution in [0.25, 0.3) is 10.1 Å². The number of aliphatic hydroxyl groups is 1. The summed E-state index contributed by atoms with van der Waals surface area (Å²) in [5.41, 5.74) is 0. The van der Waals surface area contributed by atoms with Crippen molar-refractivity contribution in [3.05, 3.63) is 33.1 Å². The van der Waals surface area contributed by atoms with Crippen LogP contribution in [-0.4, -0.2) is 35.6 Å². The zero-order chi connectivity index (χ0) is 15.1. The first-order valence-electron chi connectivity index (χ1n) is 6.79. The normalized spacial score (nSPS) is 22.2. The summed E-state index contributed by atoms with van der Waals surface area (Å²) in [6.07, 6.45) is 0. The highest BCUT2D eigenvalue weighted by Gasteiger charge is 2.33. The molecule has 3 nitrogen and oxygen atoms in total. The fourth-order valence-electron chi connectivity index (χ4n) is 2.76. The van der Waals surface area contributed by atoms with Gasteiger partial charge in [0.2, 0.25) is 0 Å². The number of benzene rings is 1. The van der Waals surface area contributed by atoms with Crippen molar-refractivity contribution < 1.29 is 9.90 Å². The van der Waals surface area contributed by atoms with Crippen molar-refractivity contribution in [2.45, 2.75) is 6.92 Å². The van der Waals surface area contributed by atoms with E-state index in [2.05, 4.69) is 6.92 Å². The van der Waals surface area contributed by atoms with Gasteiger partial charge in [-0.25, -0.2) is 0 Å². The lowest BCUT2D eigenvalue weighted by molar-refractivity contribution is 0.0785. The van der Waals surface area contributed by atoms with Gasteiger partial charge in [0.25, 0.3) is 5.91 Å². The van der Waals surface area contributed by atoms with Gasteiger partial charge < -0.3 is 10.0 Å². The molecule has 0 saturated carbocycles. The molecule has 1 fully saturated rings. The van der Waals surface area contributed by atoms with Gasteiger partial charge >= 0.3 is 0 Å². The second-order valence-corrected chi connectivity index (χ2v) is 7.38. The summed E-state index contributed by atoms with van der Waals surface area (Å²) in [7, 11) is 0. The quantitative estimate of drug-likeness (QED) is 0.897. The van der Waals surface area contributed by atoms with E-state index in [4.69, 9.17) is 23.2 Å². The molecular formula is C15H15Cl2NO2S. The van der Waals surface area contributed by atoms with Gasteiger partial charge in [-0.2, -0.15) is 0 Å². The van der Waals surface area contributed by atoms with Crippen LogP contribution in [0.1, 0.15) is 16.6 Å². The van der Waals surface area contributed by atoms with Crippen LogP contribution in [0.5, 0.6) is 0 Å². The Balaban J connectivity index is 1.93. The number of likely N-dealkylation sites (tertiary alicyclic amines) is 1. The number of carbonyl (C=O) groups is 1. The molecule has 1 aromatic heterocycles. The van der Waals surface area contributed by atoms with Crippen LogP contribution in [0.4, 0.5) is 0 Å². The van der Waals surface area contributed by atoms with Crippen LogP contribution in [0.2, 0.25) is 10.0 Å². The minimum atomic E-state index is -0.0554. The minimum absolute atomic E-state index is 0.0554. The SMILES string of the molecule is C[C@@H]1CN(C(=O)c2sc3cc(Cl)ccc3c2Cl)C[C@H]1CO. The maximum Gasteiger partial charge on any atom is 0.265 e. The van der Waals surface area contributed by atoms with E-state index in [0.717, 1.165) is 10.1 Å². The molecule has 1 amide bonds. The summed E-state index contributed by atoms with van der Waals surface area (Å²) in [4.78, 5) is 15.0. The summed E-state index contributed by atoms with van der Waals surface area (Å²) >= 11 is 13.7. The molecule has 112 valence electrons. The van der Waals surface area contributed by atoms with Gasteiger partial charge in [0.1, 0.15) is 4.88 Å². The number of amides is 1. The fourth-order valence-corrected chi connectivity index (χ4v) is 4.51. The molecule has 1 aliphatic rings. The second kappa shape index (κ2) is 5.76. The second-order valence-electron chi connectivity index (χ2n) is 5.52. The molecular weight excluding hydrogens is 329 g/mol. The predicted octanol–water partition coefficient (Wildman–Crippen LogP) is 3.91. The first-order valence-corrected chi connectivity index (χ1v) is 8.36. The number of aliphatic hydroxyl groups excluding tert-OH is 1. The third kappa shape index (κ3) is 2.66. The number of thiophene rings is 1. The number of carbonyl (C=O) groups excluding carboxylic acids is 1. The molecule has 2 heterocycles. The zero-order valence-electron chi connectivity index (χ0n) is 11.5. The molecule has 0 radical (unpaired) electrons. The molecule has 3 rings (SSSR count). The van der Waals surface area contributed by atoms with E-state index in [1.165, 1.54) is 11.3 Å². The molecule has 1 N–H and O–H groups in total. The number of halogens is 2. The molecule has 6 heteroatoms. The van der Waals surface area contributed by atoms with Gasteiger partial charge in [-0.15, -0.1) is 11.3 Å². The summed E-state index contributed by atoms with van der Waals surface area (Å²) in [6.45, 7) is 3.42. The van der Waals surface area contributed by atoms with E-state index in [0.29, 0.717) is 33.9 Å². The molecule has 1 aromatic carbocycles. The highest BCUT2D eigenvalue weighted by atomic mass is 35.5. The molecule has 1 saturated heterocycles. The average molecular weight is 344 g/mol. The van der Waals surface area contributed by atoms with Gasteiger partial charge in [-0.1, -0.05) is 36.2 Å². The average Bonchev–Trinajstić information content (AvgIpc) is 2.99. The van der Waals surface area contributed by atoms with E-state index in [1.54, 1.807) is 11.0 Å².